The van der Waals surface area contributed by atoms with Gasteiger partial charge in [-0.2, -0.15) is 0 Å². The van der Waals surface area contributed by atoms with Crippen LogP contribution in [0.3, 0.4) is 0 Å². The van der Waals surface area contributed by atoms with E-state index >= 15 is 0 Å². The number of phosphoric ester groups is 1. The van der Waals surface area contributed by atoms with Gasteiger partial charge in [-0.05, 0) is 83.5 Å². The molecule has 0 aromatic heterocycles. The maximum atomic E-state index is 12.6. The molecule has 4 atom stereocenters. The number of rotatable bonds is 37. The van der Waals surface area contributed by atoms with Gasteiger partial charge < -0.3 is 30.3 Å². The Kier molecular flexibility index (Phi) is 38.0. The summed E-state index contributed by atoms with van der Waals surface area (Å²) in [6.07, 6.45) is 53.0. The normalized spacial score (nSPS) is 15.5. The van der Waals surface area contributed by atoms with Crippen LogP contribution in [0, 0.1) is 0 Å². The van der Waals surface area contributed by atoms with Gasteiger partial charge in [0.2, 0.25) is 0 Å². The molecule has 0 amide bonds. The van der Waals surface area contributed by atoms with Crippen molar-refractivity contribution in [3.63, 3.8) is 0 Å². The molecular formula is C48H72NO11P. The Balaban J connectivity index is 4.65. The molecule has 0 spiro atoms. The molecule has 0 aromatic carbocycles. The van der Waals surface area contributed by atoms with Crippen LogP contribution in [0.15, 0.2) is 134 Å². The molecule has 0 heterocycles. The van der Waals surface area contributed by atoms with Crippen molar-refractivity contribution in [2.24, 2.45) is 5.73 Å². The van der Waals surface area contributed by atoms with E-state index in [0.29, 0.717) is 32.1 Å². The third kappa shape index (κ3) is 40.7. The quantitative estimate of drug-likeness (QED) is 0.0152. The van der Waals surface area contributed by atoms with Crippen molar-refractivity contribution in [2.75, 3.05) is 19.8 Å². The van der Waals surface area contributed by atoms with Gasteiger partial charge in [0.15, 0.2) is 6.10 Å². The number of allylic oxidation sites excluding steroid dienone is 20. The zero-order valence-electron chi connectivity index (χ0n) is 36.3. The number of aliphatic hydroxyl groups excluding tert-OH is 1. The number of hydrogen-bond donors (Lipinski definition) is 4. The molecular weight excluding hydrogens is 797 g/mol. The summed E-state index contributed by atoms with van der Waals surface area (Å²) < 4.78 is 32.5. The predicted octanol–water partition coefficient (Wildman–Crippen LogP) is 10.4. The molecule has 12 nitrogen and oxygen atoms in total. The number of aliphatic hydroxyl groups is 1. The highest BCUT2D eigenvalue weighted by molar-refractivity contribution is 7.47. The minimum absolute atomic E-state index is 0.0500. The van der Waals surface area contributed by atoms with Crippen molar-refractivity contribution in [3.8, 4) is 0 Å². The van der Waals surface area contributed by atoms with E-state index in [1.54, 1.807) is 6.08 Å². The molecule has 0 aliphatic rings. The lowest BCUT2D eigenvalue weighted by Gasteiger charge is -2.20. The van der Waals surface area contributed by atoms with Gasteiger partial charge in [0.05, 0.1) is 19.3 Å². The second-order valence-electron chi connectivity index (χ2n) is 13.6. The average Bonchev–Trinajstić information content (AvgIpc) is 3.23. The minimum Gasteiger partial charge on any atom is -0.480 e. The highest BCUT2D eigenvalue weighted by atomic mass is 31.2. The Hall–Kier alpha value is -4.42. The van der Waals surface area contributed by atoms with E-state index in [-0.39, 0.29) is 12.8 Å². The van der Waals surface area contributed by atoms with E-state index in [9.17, 15) is 28.9 Å². The molecule has 0 fully saturated rings. The lowest BCUT2D eigenvalue weighted by atomic mass is 10.2. The van der Waals surface area contributed by atoms with E-state index < -0.39 is 63.8 Å². The molecule has 0 saturated carbocycles. The summed E-state index contributed by atoms with van der Waals surface area (Å²) in [6, 6.07) is -1.55. The fourth-order valence-electron chi connectivity index (χ4n) is 4.68. The van der Waals surface area contributed by atoms with Gasteiger partial charge >= 0.3 is 25.7 Å². The Morgan fingerprint density at radius 1 is 0.590 bits per heavy atom. The van der Waals surface area contributed by atoms with Crippen LogP contribution < -0.4 is 5.73 Å². The summed E-state index contributed by atoms with van der Waals surface area (Å²) >= 11 is 0. The smallest absolute Gasteiger partial charge is 0.472 e. The van der Waals surface area contributed by atoms with E-state index in [0.717, 1.165) is 51.4 Å². The number of carboxylic acids is 1. The zero-order valence-corrected chi connectivity index (χ0v) is 37.2. The molecule has 0 bridgehead atoms. The zero-order chi connectivity index (χ0) is 45.1. The van der Waals surface area contributed by atoms with Crippen LogP contribution in [0.1, 0.15) is 110 Å². The number of aliphatic carboxylic acids is 1. The van der Waals surface area contributed by atoms with E-state index in [1.165, 1.54) is 0 Å². The fraction of sp³-hybridized carbons (Fsp3) is 0.479. The monoisotopic (exact) mass is 869 g/mol. The van der Waals surface area contributed by atoms with Gasteiger partial charge in [-0.15, -0.1) is 0 Å². The third-order valence-corrected chi connectivity index (χ3v) is 8.94. The minimum atomic E-state index is -4.77. The van der Waals surface area contributed by atoms with Gasteiger partial charge in [0, 0.05) is 12.8 Å². The van der Waals surface area contributed by atoms with Gasteiger partial charge in [-0.3, -0.25) is 23.4 Å². The van der Waals surface area contributed by atoms with Crippen molar-refractivity contribution < 1.29 is 52.6 Å². The molecule has 0 aliphatic heterocycles. The number of esters is 2. The largest absolute Gasteiger partial charge is 0.480 e. The first-order valence-corrected chi connectivity index (χ1v) is 22.8. The molecule has 0 aromatic rings. The standard InChI is InChI=1S/C48H72NO11P/c1-3-5-7-8-9-10-11-12-13-14-15-18-22-25-28-31-35-39-47(52)60-44(41-58-61(55,56)59-42-45(49)48(53)54)40-57-46(51)38-34-30-27-24-21-19-16-17-20-23-26-29-33-37-43(50)36-32-6-4-2/h5-7,9-10,12-13,15,17-21,25-30,32-33,37,43-45,50H,3-4,8,11,14,16,22-24,31,34-36,38-42,49H2,1-2H3,(H,53,54)(H,55,56)/b7-5-,10-9-,13-12-,18-15-,20-17-,21-19-,28-25-,29-26+,30-27-,32-6-,37-33+/t43?,44-,45+/m1/s1. The van der Waals surface area contributed by atoms with Gasteiger partial charge in [-0.1, -0.05) is 148 Å². The average molecular weight is 870 g/mol. The van der Waals surface area contributed by atoms with Crippen molar-refractivity contribution in [3.05, 3.63) is 134 Å². The number of hydrogen-bond acceptors (Lipinski definition) is 10. The summed E-state index contributed by atoms with van der Waals surface area (Å²) in [5.41, 5.74) is 5.32. The lowest BCUT2D eigenvalue weighted by Crippen LogP contribution is -2.34. The van der Waals surface area contributed by atoms with Crippen LogP contribution in [0.25, 0.3) is 0 Å². The maximum absolute atomic E-state index is 12.6. The van der Waals surface area contributed by atoms with Crippen LogP contribution in [0.5, 0.6) is 0 Å². The van der Waals surface area contributed by atoms with Crippen LogP contribution in [0.2, 0.25) is 0 Å². The maximum Gasteiger partial charge on any atom is 0.472 e. The molecule has 13 heteroatoms. The Morgan fingerprint density at radius 2 is 1.07 bits per heavy atom. The summed E-state index contributed by atoms with van der Waals surface area (Å²) in [5, 5.41) is 18.7. The molecule has 61 heavy (non-hydrogen) atoms. The molecule has 0 rings (SSSR count). The number of ether oxygens (including phenoxy) is 2. The predicted molar refractivity (Wildman–Crippen MR) is 245 cm³/mol. The number of nitrogens with two attached hydrogens (primary N) is 1. The van der Waals surface area contributed by atoms with E-state index in [4.69, 9.17) is 24.8 Å². The molecule has 5 N–H and O–H groups in total. The Labute approximate surface area is 365 Å². The van der Waals surface area contributed by atoms with Crippen molar-refractivity contribution in [1.29, 1.82) is 0 Å². The Morgan fingerprint density at radius 3 is 1.61 bits per heavy atom. The van der Waals surface area contributed by atoms with Gasteiger partial charge in [0.1, 0.15) is 12.6 Å². The third-order valence-electron chi connectivity index (χ3n) is 7.99. The summed E-state index contributed by atoms with van der Waals surface area (Å²) in [5.74, 6) is -2.61. The van der Waals surface area contributed by atoms with Crippen LogP contribution in [-0.4, -0.2) is 71.1 Å². The highest BCUT2D eigenvalue weighted by Gasteiger charge is 2.28. The first-order valence-electron chi connectivity index (χ1n) is 21.3. The first-order chi connectivity index (χ1) is 29.5. The van der Waals surface area contributed by atoms with Crippen molar-refractivity contribution in [1.82, 2.24) is 0 Å². The molecule has 0 radical (unpaired) electrons. The molecule has 0 saturated heterocycles. The fourth-order valence-corrected chi connectivity index (χ4v) is 5.46. The molecule has 340 valence electrons. The summed E-state index contributed by atoms with van der Waals surface area (Å²) in [7, 11) is -4.77. The number of carbonyl (C=O) groups excluding carboxylic acids is 2. The summed E-state index contributed by atoms with van der Waals surface area (Å²) in [4.78, 5) is 45.9. The second kappa shape index (κ2) is 41.0. The van der Waals surface area contributed by atoms with E-state index in [2.05, 4.69) is 79.1 Å². The van der Waals surface area contributed by atoms with Crippen LogP contribution in [-0.2, 0) is 37.5 Å². The van der Waals surface area contributed by atoms with E-state index in [1.807, 2.05) is 66.8 Å². The lowest BCUT2D eigenvalue weighted by molar-refractivity contribution is -0.161. The number of carboxylic acid groups (broad SMARTS) is 1. The topological polar surface area (TPSA) is 192 Å². The molecule has 2 unspecified atom stereocenters. The van der Waals surface area contributed by atoms with Gasteiger partial charge in [0.25, 0.3) is 0 Å². The first kappa shape index (κ1) is 56.6. The second-order valence-corrected chi connectivity index (χ2v) is 15.0. The Bertz CT molecular complexity index is 1550. The van der Waals surface area contributed by atoms with Crippen molar-refractivity contribution >= 4 is 25.7 Å². The highest BCUT2D eigenvalue weighted by Crippen LogP contribution is 2.43. The number of carbonyl (C=O) groups is 3. The van der Waals surface area contributed by atoms with Gasteiger partial charge in [-0.25, -0.2) is 4.57 Å². The summed E-state index contributed by atoms with van der Waals surface area (Å²) in [6.45, 7) is 2.30. The number of unbranched alkanes of at least 4 members (excludes halogenated alkanes) is 1. The van der Waals surface area contributed by atoms with Crippen LogP contribution in [0.4, 0.5) is 0 Å². The number of phosphoric acid groups is 1. The van der Waals surface area contributed by atoms with Crippen LogP contribution >= 0.6 is 7.82 Å². The SMILES string of the molecule is CC/C=C\C/C=C\C/C=C\C/C=C\C/C=C\CCCC(=O)O[C@H](COC(=O)CC/C=C\C/C=C\C/C=C\C/C=C/C=C/C(O)C/C=C\CC)COP(=O)(O)OC[C@H](N)C(=O)O. The molecule has 0 aliphatic carbocycles. The van der Waals surface area contributed by atoms with Crippen molar-refractivity contribution in [2.45, 2.75) is 128 Å².